The molecule has 2 unspecified atom stereocenters. The number of nitrogens with one attached hydrogen (secondary N) is 1. The third-order valence-electron chi connectivity index (χ3n) is 3.83. The van der Waals surface area contributed by atoms with Crippen LogP contribution < -0.4 is 5.32 Å². The predicted molar refractivity (Wildman–Crippen MR) is 88.2 cm³/mol. The predicted octanol–water partition coefficient (Wildman–Crippen LogP) is 3.93. The van der Waals surface area contributed by atoms with Crippen LogP contribution in [-0.2, 0) is 0 Å². The number of amides is 1. The summed E-state index contributed by atoms with van der Waals surface area (Å²) in [6.45, 7) is 0. The molecule has 1 N–H and O–H groups in total. The van der Waals surface area contributed by atoms with Crippen LogP contribution in [0.25, 0.3) is 0 Å². The van der Waals surface area contributed by atoms with Crippen molar-refractivity contribution in [2.24, 2.45) is 0 Å². The molecule has 2 aromatic rings. The average molecular weight is 413 g/mol. The normalized spacial score (nSPS) is 21.4. The van der Waals surface area contributed by atoms with Crippen molar-refractivity contribution in [1.82, 2.24) is 14.9 Å². The second-order valence-electron chi connectivity index (χ2n) is 5.25. The van der Waals surface area contributed by atoms with Crippen molar-refractivity contribution in [3.05, 3.63) is 51.4 Å². The second kappa shape index (κ2) is 6.32. The number of aromatic nitrogens is 2. The molecule has 1 amide bonds. The molecule has 1 saturated carbocycles. The van der Waals surface area contributed by atoms with Gasteiger partial charge in [0.1, 0.15) is 0 Å². The lowest BCUT2D eigenvalue weighted by Gasteiger charge is -2.22. The first-order chi connectivity index (χ1) is 10.1. The van der Waals surface area contributed by atoms with Crippen molar-refractivity contribution in [1.29, 1.82) is 0 Å². The summed E-state index contributed by atoms with van der Waals surface area (Å²) in [7, 11) is 0. The van der Waals surface area contributed by atoms with Gasteiger partial charge in [-0.25, -0.2) is 4.98 Å². The fraction of sp³-hybridized carbons (Fsp3) is 0.333. The lowest BCUT2D eigenvalue weighted by Crippen LogP contribution is -2.38. The Balaban J connectivity index is 1.74. The van der Waals surface area contributed by atoms with E-state index in [1.165, 1.54) is 0 Å². The Kier molecular flexibility index (Phi) is 4.45. The molecule has 1 aromatic carbocycles. The molecule has 1 aliphatic rings. The zero-order chi connectivity index (χ0) is 14.8. The minimum absolute atomic E-state index is 0.0333. The van der Waals surface area contributed by atoms with Gasteiger partial charge in [0.25, 0.3) is 5.91 Å². The average Bonchev–Trinajstić information content (AvgIpc) is 3.07. The first-order valence-corrected chi connectivity index (χ1v) is 8.46. The van der Waals surface area contributed by atoms with Gasteiger partial charge in [-0.15, -0.1) is 0 Å². The maximum atomic E-state index is 12.4. The van der Waals surface area contributed by atoms with Crippen LogP contribution in [0, 0.1) is 0 Å². The smallest absolute Gasteiger partial charge is 0.251 e. The van der Waals surface area contributed by atoms with Gasteiger partial charge in [0.2, 0.25) is 0 Å². The second-order valence-corrected chi connectivity index (χ2v) is 7.08. The van der Waals surface area contributed by atoms with Crippen molar-refractivity contribution < 1.29 is 4.79 Å². The van der Waals surface area contributed by atoms with Crippen LogP contribution in [0.2, 0.25) is 0 Å². The summed E-state index contributed by atoms with van der Waals surface area (Å²) in [4.78, 5) is 16.5. The van der Waals surface area contributed by atoms with Crippen LogP contribution in [0.5, 0.6) is 0 Å². The van der Waals surface area contributed by atoms with Gasteiger partial charge in [0, 0.05) is 32.9 Å². The molecule has 0 aliphatic heterocycles. The molecule has 0 spiro atoms. The fourth-order valence-electron chi connectivity index (χ4n) is 2.87. The number of carbonyl (C=O) groups is 1. The number of nitrogens with zero attached hydrogens (tertiary/aromatic N) is 2. The van der Waals surface area contributed by atoms with Gasteiger partial charge >= 0.3 is 0 Å². The molecule has 1 heterocycles. The highest BCUT2D eigenvalue weighted by molar-refractivity contribution is 9.11. The summed E-state index contributed by atoms with van der Waals surface area (Å²) < 4.78 is 3.87. The van der Waals surface area contributed by atoms with Crippen molar-refractivity contribution in [3.63, 3.8) is 0 Å². The van der Waals surface area contributed by atoms with E-state index < -0.39 is 0 Å². The molecular formula is C15H15Br2N3O. The minimum Gasteiger partial charge on any atom is -0.347 e. The standard InChI is InChI=1S/C15H15Br2N3O/c16-11-6-10(7-12(17)8-11)15(21)19-13-2-1-3-14(13)20-5-4-18-9-20/h4-9,13-14H,1-3H2,(H,19,21). The first-order valence-electron chi connectivity index (χ1n) is 6.88. The Morgan fingerprint density at radius 1 is 1.24 bits per heavy atom. The summed E-state index contributed by atoms with van der Waals surface area (Å²) in [6, 6.07) is 6.04. The third kappa shape index (κ3) is 3.37. The van der Waals surface area contributed by atoms with Crippen LogP contribution in [0.4, 0.5) is 0 Å². The minimum atomic E-state index is -0.0333. The topological polar surface area (TPSA) is 46.9 Å². The summed E-state index contributed by atoms with van der Waals surface area (Å²) >= 11 is 6.83. The van der Waals surface area contributed by atoms with E-state index in [1.807, 2.05) is 30.7 Å². The molecule has 6 heteroatoms. The van der Waals surface area contributed by atoms with Crippen LogP contribution in [-0.4, -0.2) is 21.5 Å². The number of benzene rings is 1. The Morgan fingerprint density at radius 3 is 2.67 bits per heavy atom. The Bertz CT molecular complexity index is 622. The summed E-state index contributed by atoms with van der Waals surface area (Å²) in [5, 5.41) is 3.16. The monoisotopic (exact) mass is 411 g/mol. The SMILES string of the molecule is O=C(NC1CCCC1n1ccnc1)c1cc(Br)cc(Br)c1. The number of carbonyl (C=O) groups excluding carboxylic acids is 1. The van der Waals surface area contributed by atoms with Gasteiger partial charge in [-0.2, -0.15) is 0 Å². The lowest BCUT2D eigenvalue weighted by atomic mass is 10.1. The van der Waals surface area contributed by atoms with Gasteiger partial charge in [-0.05, 0) is 37.5 Å². The summed E-state index contributed by atoms with van der Waals surface area (Å²) in [6.07, 6.45) is 8.77. The van der Waals surface area contributed by atoms with E-state index in [1.54, 1.807) is 6.20 Å². The van der Waals surface area contributed by atoms with Crippen LogP contribution in [0.1, 0.15) is 35.7 Å². The largest absolute Gasteiger partial charge is 0.347 e. The maximum Gasteiger partial charge on any atom is 0.251 e. The van der Waals surface area contributed by atoms with E-state index in [4.69, 9.17) is 0 Å². The van der Waals surface area contributed by atoms with Crippen LogP contribution >= 0.6 is 31.9 Å². The van der Waals surface area contributed by atoms with E-state index in [0.717, 1.165) is 28.2 Å². The van der Waals surface area contributed by atoms with E-state index in [2.05, 4.69) is 46.7 Å². The summed E-state index contributed by atoms with van der Waals surface area (Å²) in [5.74, 6) is -0.0333. The number of halogens is 2. The molecule has 4 nitrogen and oxygen atoms in total. The highest BCUT2D eigenvalue weighted by Crippen LogP contribution is 2.30. The highest BCUT2D eigenvalue weighted by Gasteiger charge is 2.29. The Hall–Kier alpha value is -1.14. The Morgan fingerprint density at radius 2 is 2.00 bits per heavy atom. The molecule has 3 rings (SSSR count). The molecule has 1 fully saturated rings. The number of hydrogen-bond donors (Lipinski definition) is 1. The van der Waals surface area contributed by atoms with Crippen LogP contribution in [0.15, 0.2) is 45.9 Å². The lowest BCUT2D eigenvalue weighted by molar-refractivity contribution is 0.0928. The fourth-order valence-corrected chi connectivity index (χ4v) is 4.16. The third-order valence-corrected chi connectivity index (χ3v) is 4.74. The molecule has 1 aromatic heterocycles. The zero-order valence-electron chi connectivity index (χ0n) is 11.3. The number of hydrogen-bond acceptors (Lipinski definition) is 2. The quantitative estimate of drug-likeness (QED) is 0.829. The molecule has 2 atom stereocenters. The van der Waals surface area contributed by atoms with Gasteiger partial charge in [-0.3, -0.25) is 4.79 Å². The zero-order valence-corrected chi connectivity index (χ0v) is 14.5. The molecule has 21 heavy (non-hydrogen) atoms. The molecule has 0 bridgehead atoms. The van der Waals surface area contributed by atoms with Crippen molar-refractivity contribution >= 4 is 37.8 Å². The van der Waals surface area contributed by atoms with Gasteiger partial charge < -0.3 is 9.88 Å². The van der Waals surface area contributed by atoms with Crippen molar-refractivity contribution in [3.8, 4) is 0 Å². The van der Waals surface area contributed by atoms with E-state index >= 15 is 0 Å². The number of imidazole rings is 1. The highest BCUT2D eigenvalue weighted by atomic mass is 79.9. The van der Waals surface area contributed by atoms with Crippen LogP contribution in [0.3, 0.4) is 0 Å². The van der Waals surface area contributed by atoms with Gasteiger partial charge in [0.15, 0.2) is 0 Å². The molecule has 1 aliphatic carbocycles. The van der Waals surface area contributed by atoms with E-state index in [9.17, 15) is 4.79 Å². The van der Waals surface area contributed by atoms with Gasteiger partial charge in [0.05, 0.1) is 12.4 Å². The van der Waals surface area contributed by atoms with Crippen molar-refractivity contribution in [2.45, 2.75) is 31.3 Å². The molecular weight excluding hydrogens is 398 g/mol. The summed E-state index contributed by atoms with van der Waals surface area (Å²) in [5.41, 5.74) is 0.660. The van der Waals surface area contributed by atoms with E-state index in [-0.39, 0.29) is 11.9 Å². The van der Waals surface area contributed by atoms with E-state index in [0.29, 0.717) is 11.6 Å². The molecule has 0 saturated heterocycles. The molecule has 110 valence electrons. The molecule has 0 radical (unpaired) electrons. The number of rotatable bonds is 3. The van der Waals surface area contributed by atoms with Crippen molar-refractivity contribution in [2.75, 3.05) is 0 Å². The van der Waals surface area contributed by atoms with Gasteiger partial charge in [-0.1, -0.05) is 31.9 Å². The first kappa shape index (κ1) is 14.8. The maximum absolute atomic E-state index is 12.4. The Labute approximate surface area is 140 Å².